The van der Waals surface area contributed by atoms with Gasteiger partial charge in [-0.15, -0.1) is 11.3 Å². The Morgan fingerprint density at radius 2 is 2.00 bits per heavy atom. The molecule has 0 bridgehead atoms. The number of carbonyl (C=O) groups is 1. The molecule has 1 aliphatic heterocycles. The topological polar surface area (TPSA) is 78.3 Å². The van der Waals surface area contributed by atoms with Crippen molar-refractivity contribution < 1.29 is 13.9 Å². The van der Waals surface area contributed by atoms with E-state index in [2.05, 4.69) is 21.3 Å². The average molecular weight is 522 g/mol. The molecule has 3 aromatic heterocycles. The summed E-state index contributed by atoms with van der Waals surface area (Å²) in [6.07, 6.45) is 4.35. The summed E-state index contributed by atoms with van der Waals surface area (Å²) in [6.45, 7) is 1.42. The summed E-state index contributed by atoms with van der Waals surface area (Å²) in [4.78, 5) is 22.7. The second kappa shape index (κ2) is 8.56. The van der Waals surface area contributed by atoms with Crippen LogP contribution in [0.25, 0.3) is 32.8 Å². The smallest absolute Gasteiger partial charge is 0.254 e. The Morgan fingerprint density at radius 3 is 2.70 bits per heavy atom. The third kappa shape index (κ3) is 4.03. The fourth-order valence-corrected chi connectivity index (χ4v) is 7.13. The van der Waals surface area contributed by atoms with Crippen LogP contribution in [0.15, 0.2) is 24.3 Å². The van der Waals surface area contributed by atoms with Crippen molar-refractivity contribution in [3.05, 3.63) is 34.7 Å². The van der Waals surface area contributed by atoms with E-state index in [1.54, 1.807) is 19.2 Å². The molecule has 0 spiro atoms. The Balaban J connectivity index is 1.32. The second-order valence-electron chi connectivity index (χ2n) is 11.1. The molecule has 7 rings (SSSR count). The van der Waals surface area contributed by atoms with Crippen LogP contribution < -0.4 is 10.5 Å². The van der Waals surface area contributed by atoms with Crippen molar-refractivity contribution in [2.75, 3.05) is 20.2 Å². The maximum atomic E-state index is 14.2. The van der Waals surface area contributed by atoms with Gasteiger partial charge in [-0.1, -0.05) is 0 Å². The van der Waals surface area contributed by atoms with Gasteiger partial charge in [0, 0.05) is 42.0 Å². The van der Waals surface area contributed by atoms with Gasteiger partial charge in [-0.3, -0.25) is 4.79 Å². The van der Waals surface area contributed by atoms with Crippen molar-refractivity contribution in [1.29, 1.82) is 0 Å². The number of piperidine rings is 1. The molecule has 3 fully saturated rings. The highest BCUT2D eigenvalue weighted by Gasteiger charge is 2.31. The molecule has 2 aliphatic carbocycles. The van der Waals surface area contributed by atoms with E-state index in [1.807, 2.05) is 18.4 Å². The third-order valence-electron chi connectivity index (χ3n) is 8.05. The number of fused-ring (bicyclic) bond motifs is 2. The molecule has 4 aromatic rings. The highest BCUT2D eigenvalue weighted by atomic mass is 32.1. The standard InChI is InChI=1S/C28H32FN5O2S/c1-32-25-21(7-17(9-23(25)36-2)27(35)33-13-19(29)11-20(30)14-33)31-26(32)22-8-18-10-24(16-5-6-16)37-28(18)34(22)12-15-3-4-15/h7-10,15-16,19-20H,3-6,11-14,30H2,1-2H3/t19-,20-/m1/s1. The number of ether oxygens (including phenoxy) is 1. The number of rotatable bonds is 6. The number of carbonyl (C=O) groups excluding carboxylic acids is 1. The quantitative estimate of drug-likeness (QED) is 0.385. The summed E-state index contributed by atoms with van der Waals surface area (Å²) in [5, 5.41) is 1.29. The van der Waals surface area contributed by atoms with Gasteiger partial charge in [-0.25, -0.2) is 9.37 Å². The van der Waals surface area contributed by atoms with Crippen LogP contribution in [-0.2, 0) is 13.6 Å². The molecule has 1 saturated heterocycles. The van der Waals surface area contributed by atoms with Crippen LogP contribution in [0.5, 0.6) is 5.75 Å². The lowest BCUT2D eigenvalue weighted by Crippen LogP contribution is -2.50. The zero-order chi connectivity index (χ0) is 25.4. The summed E-state index contributed by atoms with van der Waals surface area (Å²) in [5.41, 5.74) is 9.08. The lowest BCUT2D eigenvalue weighted by Gasteiger charge is -2.33. The number of amides is 1. The van der Waals surface area contributed by atoms with Gasteiger partial charge in [0.2, 0.25) is 0 Å². The SMILES string of the molecule is COc1cc(C(=O)N2C[C@H](N)C[C@@H](F)C2)cc2nc(-c3cc4cc(C5CC5)sc4n3CC3CC3)n(C)c12. The number of alkyl halides is 1. The van der Waals surface area contributed by atoms with Crippen LogP contribution in [0.1, 0.15) is 53.3 Å². The van der Waals surface area contributed by atoms with E-state index in [0.717, 1.165) is 35.4 Å². The molecule has 4 heterocycles. The highest BCUT2D eigenvalue weighted by molar-refractivity contribution is 7.18. The summed E-state index contributed by atoms with van der Waals surface area (Å²) in [7, 11) is 3.61. The molecule has 0 radical (unpaired) electrons. The minimum atomic E-state index is -1.10. The number of aryl methyl sites for hydroxylation is 1. The van der Waals surface area contributed by atoms with E-state index >= 15 is 0 Å². The molecule has 1 aromatic carbocycles. The van der Waals surface area contributed by atoms with Crippen molar-refractivity contribution in [3.8, 4) is 17.3 Å². The van der Waals surface area contributed by atoms with Crippen LogP contribution in [-0.4, -0.2) is 57.3 Å². The monoisotopic (exact) mass is 521 g/mol. The third-order valence-corrected chi connectivity index (χ3v) is 9.39. The van der Waals surface area contributed by atoms with Crippen molar-refractivity contribution in [2.24, 2.45) is 18.7 Å². The zero-order valence-electron chi connectivity index (χ0n) is 21.2. The number of aromatic nitrogens is 3. The van der Waals surface area contributed by atoms with Gasteiger partial charge in [0.25, 0.3) is 5.91 Å². The molecule has 2 N–H and O–H groups in total. The van der Waals surface area contributed by atoms with Gasteiger partial charge in [0.15, 0.2) is 5.82 Å². The molecule has 2 saturated carbocycles. The van der Waals surface area contributed by atoms with Gasteiger partial charge < -0.3 is 24.5 Å². The summed E-state index contributed by atoms with van der Waals surface area (Å²) < 4.78 is 24.4. The summed E-state index contributed by atoms with van der Waals surface area (Å²) >= 11 is 1.93. The predicted molar refractivity (Wildman–Crippen MR) is 144 cm³/mol. The lowest BCUT2D eigenvalue weighted by atomic mass is 10.0. The van der Waals surface area contributed by atoms with E-state index in [0.29, 0.717) is 23.4 Å². The first-order chi connectivity index (χ1) is 17.9. The highest BCUT2D eigenvalue weighted by Crippen LogP contribution is 2.47. The predicted octanol–water partition coefficient (Wildman–Crippen LogP) is 5.06. The fraction of sp³-hybridized carbons (Fsp3) is 0.500. The Kier molecular flexibility index (Phi) is 5.37. The van der Waals surface area contributed by atoms with Crippen LogP contribution in [0, 0.1) is 5.92 Å². The van der Waals surface area contributed by atoms with E-state index in [9.17, 15) is 9.18 Å². The van der Waals surface area contributed by atoms with E-state index in [-0.39, 0.29) is 24.9 Å². The number of methoxy groups -OCH3 is 1. The molecule has 3 aliphatic rings. The zero-order valence-corrected chi connectivity index (χ0v) is 22.1. The number of nitrogens with zero attached hydrogens (tertiary/aromatic N) is 4. The number of imidazole rings is 1. The molecule has 194 valence electrons. The molecular formula is C28H32FN5O2S. The Morgan fingerprint density at radius 1 is 1.19 bits per heavy atom. The molecule has 37 heavy (non-hydrogen) atoms. The van der Waals surface area contributed by atoms with Crippen LogP contribution in [0.3, 0.4) is 0 Å². The minimum absolute atomic E-state index is 0.0641. The summed E-state index contributed by atoms with van der Waals surface area (Å²) in [5.74, 6) is 2.67. The second-order valence-corrected chi connectivity index (χ2v) is 12.2. The van der Waals surface area contributed by atoms with E-state index < -0.39 is 6.17 Å². The number of thiophene rings is 1. The number of halogens is 1. The van der Waals surface area contributed by atoms with Gasteiger partial charge >= 0.3 is 0 Å². The first-order valence-electron chi connectivity index (χ1n) is 13.3. The first kappa shape index (κ1) is 23.2. The van der Waals surface area contributed by atoms with Gasteiger partial charge in [-0.05, 0) is 68.2 Å². The van der Waals surface area contributed by atoms with Crippen molar-refractivity contribution in [1.82, 2.24) is 19.0 Å². The average Bonchev–Trinajstić information content (AvgIpc) is 3.79. The molecule has 2 atom stereocenters. The van der Waals surface area contributed by atoms with Crippen LogP contribution >= 0.6 is 11.3 Å². The van der Waals surface area contributed by atoms with Gasteiger partial charge in [0.05, 0.1) is 24.9 Å². The first-order valence-corrected chi connectivity index (χ1v) is 14.1. The maximum Gasteiger partial charge on any atom is 0.254 e. The molecule has 0 unspecified atom stereocenters. The van der Waals surface area contributed by atoms with E-state index in [1.165, 1.54) is 45.7 Å². The number of benzene rings is 1. The Hall–Kier alpha value is -2.91. The van der Waals surface area contributed by atoms with Gasteiger partial charge in [-0.2, -0.15) is 0 Å². The maximum absolute atomic E-state index is 14.2. The number of nitrogens with two attached hydrogens (primary N) is 1. The van der Waals surface area contributed by atoms with E-state index in [4.69, 9.17) is 15.5 Å². The van der Waals surface area contributed by atoms with Crippen molar-refractivity contribution in [3.63, 3.8) is 0 Å². The van der Waals surface area contributed by atoms with Crippen LogP contribution in [0.2, 0.25) is 0 Å². The number of hydrogen-bond donors (Lipinski definition) is 1. The van der Waals surface area contributed by atoms with Crippen molar-refractivity contribution in [2.45, 2.75) is 56.8 Å². The largest absolute Gasteiger partial charge is 0.494 e. The van der Waals surface area contributed by atoms with Crippen molar-refractivity contribution >= 4 is 38.5 Å². The lowest BCUT2D eigenvalue weighted by molar-refractivity contribution is 0.0606. The molecule has 1 amide bonds. The van der Waals surface area contributed by atoms with Crippen LogP contribution in [0.4, 0.5) is 4.39 Å². The van der Waals surface area contributed by atoms with Gasteiger partial charge in [0.1, 0.15) is 22.3 Å². The number of likely N-dealkylation sites (tertiary alicyclic amines) is 1. The number of hydrogen-bond acceptors (Lipinski definition) is 5. The fourth-order valence-electron chi connectivity index (χ4n) is 5.80. The molecular weight excluding hydrogens is 489 g/mol. The summed E-state index contributed by atoms with van der Waals surface area (Å²) in [6, 6.07) is 7.84. The Bertz CT molecular complexity index is 1520. The minimum Gasteiger partial charge on any atom is -0.494 e. The molecule has 9 heteroatoms. The molecule has 7 nitrogen and oxygen atoms in total. The normalized spacial score (nSPS) is 22.3. The Labute approximate surface area is 219 Å².